The van der Waals surface area contributed by atoms with Crippen LogP contribution in [0.25, 0.3) is 0 Å². The first kappa shape index (κ1) is 25.8. The number of aryl methyl sites for hydroxylation is 2. The van der Waals surface area contributed by atoms with Gasteiger partial charge in [-0.1, -0.05) is 58.2 Å². The smallest absolute Gasteiger partial charge is 0.174 e. The Labute approximate surface area is 173 Å². The molecule has 0 radical (unpaired) electrons. The van der Waals surface area contributed by atoms with E-state index in [1.807, 2.05) is 0 Å². The van der Waals surface area contributed by atoms with Crippen LogP contribution in [0.15, 0.2) is 18.2 Å². The van der Waals surface area contributed by atoms with Gasteiger partial charge in [0.2, 0.25) is 0 Å². The van der Waals surface area contributed by atoms with Gasteiger partial charge in [-0.2, -0.15) is 0 Å². The third-order valence-corrected chi connectivity index (χ3v) is 10.3. The maximum atomic E-state index is 13.0. The summed E-state index contributed by atoms with van der Waals surface area (Å²) in [6.07, 6.45) is 13.2. The number of Topliss-reactive ketones (excluding diaryl/α,β-unsaturated/α-hetero) is 1. The molecule has 0 aliphatic heterocycles. The zero-order valence-corrected chi connectivity index (χ0v) is 20.2. The van der Waals surface area contributed by atoms with Gasteiger partial charge in [-0.05, 0) is 49.8 Å². The predicted molar refractivity (Wildman–Crippen MR) is 116 cm³/mol. The van der Waals surface area contributed by atoms with Crippen molar-refractivity contribution in [1.29, 1.82) is 0 Å². The molecule has 0 bridgehead atoms. The van der Waals surface area contributed by atoms with Gasteiger partial charge in [0.1, 0.15) is 6.16 Å². The quantitative estimate of drug-likeness (QED) is 0.424. The lowest BCUT2D eigenvalue weighted by atomic mass is 9.99. The van der Waals surface area contributed by atoms with Crippen LogP contribution in [0.3, 0.4) is 0 Å². The first-order chi connectivity index (χ1) is 12.0. The van der Waals surface area contributed by atoms with Crippen molar-refractivity contribution in [3.8, 4) is 0 Å². The van der Waals surface area contributed by atoms with E-state index in [0.717, 1.165) is 6.16 Å². The Balaban J connectivity index is 0.00000625. The van der Waals surface area contributed by atoms with Crippen LogP contribution in [-0.2, 0) is 11.2 Å². The second-order valence-corrected chi connectivity index (χ2v) is 12.2. The number of carbonyl (C=O) groups is 1. The zero-order valence-electron chi connectivity index (χ0n) is 17.7. The Morgan fingerprint density at radius 2 is 1.27 bits per heavy atom. The topological polar surface area (TPSA) is 17.1 Å². The van der Waals surface area contributed by atoms with Crippen molar-refractivity contribution in [3.05, 3.63) is 34.9 Å². The normalized spacial score (nSPS) is 11.3. The lowest BCUT2D eigenvalue weighted by Gasteiger charge is -2.27. The molecule has 1 rings (SSSR count). The van der Waals surface area contributed by atoms with Gasteiger partial charge in [-0.3, -0.25) is 4.79 Å². The van der Waals surface area contributed by atoms with Gasteiger partial charge in [0, 0.05) is 13.7 Å². The number of hydrogen-bond acceptors (Lipinski definition) is 1. The van der Waals surface area contributed by atoms with Crippen LogP contribution in [0.1, 0.15) is 76.0 Å². The summed E-state index contributed by atoms with van der Waals surface area (Å²) in [5.41, 5.74) is 3.81. The van der Waals surface area contributed by atoms with E-state index in [2.05, 4.69) is 52.8 Å². The fourth-order valence-electron chi connectivity index (χ4n) is 3.81. The Morgan fingerprint density at radius 3 is 1.65 bits per heavy atom. The minimum absolute atomic E-state index is 0. The molecule has 3 heteroatoms. The minimum atomic E-state index is -1.12. The van der Waals surface area contributed by atoms with Crippen molar-refractivity contribution in [2.45, 2.75) is 79.6 Å². The predicted octanol–water partition coefficient (Wildman–Crippen LogP) is 3.84. The minimum Gasteiger partial charge on any atom is -1.00 e. The number of benzene rings is 1. The highest BCUT2D eigenvalue weighted by Crippen LogP contribution is 2.60. The standard InChI is InChI=1S/C23H40OP.BrH/c1-6-9-15-25(16-10-7-2,17-11-8-3)19-22(24)18-23-20(4)13-12-14-21(23)5;/h12-14H,6-11,15-19H2,1-5H3;1H/q+1;/p-1. The summed E-state index contributed by atoms with van der Waals surface area (Å²) >= 11 is 0. The van der Waals surface area contributed by atoms with Crippen LogP contribution < -0.4 is 17.0 Å². The molecule has 0 unspecified atom stereocenters. The van der Waals surface area contributed by atoms with Crippen LogP contribution in [-0.4, -0.2) is 30.4 Å². The van der Waals surface area contributed by atoms with E-state index in [0.29, 0.717) is 12.2 Å². The Bertz CT molecular complexity index is 485. The molecule has 0 aliphatic rings. The van der Waals surface area contributed by atoms with Crippen LogP contribution >= 0.6 is 7.26 Å². The number of carbonyl (C=O) groups excluding carboxylic acids is 1. The summed E-state index contributed by atoms with van der Waals surface area (Å²) < 4.78 is 0. The van der Waals surface area contributed by atoms with Gasteiger partial charge in [0.05, 0.1) is 18.5 Å². The summed E-state index contributed by atoms with van der Waals surface area (Å²) in [6, 6.07) is 6.38. The fraction of sp³-hybridized carbons (Fsp3) is 0.696. The molecule has 0 atom stereocenters. The second kappa shape index (κ2) is 13.9. The monoisotopic (exact) mass is 442 g/mol. The molecule has 150 valence electrons. The van der Waals surface area contributed by atoms with Crippen LogP contribution in [0.5, 0.6) is 0 Å². The van der Waals surface area contributed by atoms with E-state index >= 15 is 0 Å². The third-order valence-electron chi connectivity index (χ3n) is 5.49. The van der Waals surface area contributed by atoms with Gasteiger partial charge < -0.3 is 17.0 Å². The van der Waals surface area contributed by atoms with Gasteiger partial charge in [0.25, 0.3) is 0 Å². The molecule has 1 aromatic rings. The van der Waals surface area contributed by atoms with E-state index in [9.17, 15) is 4.79 Å². The van der Waals surface area contributed by atoms with Crippen molar-refractivity contribution in [3.63, 3.8) is 0 Å². The fourth-order valence-corrected chi connectivity index (χ4v) is 8.77. The molecule has 0 N–H and O–H groups in total. The molecule has 0 heterocycles. The Kier molecular flexibility index (Phi) is 13.8. The van der Waals surface area contributed by atoms with E-state index < -0.39 is 7.26 Å². The van der Waals surface area contributed by atoms with E-state index in [4.69, 9.17) is 0 Å². The van der Waals surface area contributed by atoms with E-state index in [-0.39, 0.29) is 17.0 Å². The summed E-state index contributed by atoms with van der Waals surface area (Å²) in [7, 11) is -1.12. The highest BCUT2D eigenvalue weighted by atomic mass is 79.9. The SMILES string of the molecule is CCCC[P+](CCCC)(CCCC)CC(=O)Cc1c(C)cccc1C.[Br-]. The van der Waals surface area contributed by atoms with Crippen LogP contribution in [0, 0.1) is 13.8 Å². The molecule has 0 amide bonds. The molecule has 0 spiro atoms. The summed E-state index contributed by atoms with van der Waals surface area (Å²) in [5.74, 6) is 0.494. The third kappa shape index (κ3) is 8.66. The summed E-state index contributed by atoms with van der Waals surface area (Å²) in [5, 5.41) is 0. The second-order valence-electron chi connectivity index (χ2n) is 7.82. The molecule has 0 aromatic heterocycles. The molecule has 1 nitrogen and oxygen atoms in total. The van der Waals surface area contributed by atoms with E-state index in [1.165, 1.54) is 73.7 Å². The molecule has 0 fully saturated rings. The first-order valence-electron chi connectivity index (χ1n) is 10.4. The average molecular weight is 443 g/mol. The number of rotatable bonds is 13. The van der Waals surface area contributed by atoms with Gasteiger partial charge in [0.15, 0.2) is 5.78 Å². The molecule has 0 saturated carbocycles. The first-order valence-corrected chi connectivity index (χ1v) is 12.9. The van der Waals surface area contributed by atoms with E-state index in [1.54, 1.807) is 0 Å². The zero-order chi connectivity index (χ0) is 18.7. The molecule has 26 heavy (non-hydrogen) atoms. The number of unbranched alkanes of at least 4 members (excludes halogenated alkanes) is 3. The van der Waals surface area contributed by atoms with Gasteiger partial charge in [-0.15, -0.1) is 0 Å². The highest BCUT2D eigenvalue weighted by Gasteiger charge is 2.37. The highest BCUT2D eigenvalue weighted by molar-refractivity contribution is 7.76. The number of hydrogen-bond donors (Lipinski definition) is 0. The van der Waals surface area contributed by atoms with Crippen molar-refractivity contribution in [2.75, 3.05) is 24.6 Å². The van der Waals surface area contributed by atoms with Crippen molar-refractivity contribution in [2.24, 2.45) is 0 Å². The van der Waals surface area contributed by atoms with Gasteiger partial charge in [-0.25, -0.2) is 0 Å². The Morgan fingerprint density at radius 1 is 0.846 bits per heavy atom. The van der Waals surface area contributed by atoms with Crippen molar-refractivity contribution < 1.29 is 21.8 Å². The molecular weight excluding hydrogens is 403 g/mol. The largest absolute Gasteiger partial charge is 1.00 e. The molecular formula is C23H40BrOP. The summed E-state index contributed by atoms with van der Waals surface area (Å²) in [4.78, 5) is 13.0. The average Bonchev–Trinajstić information content (AvgIpc) is 2.59. The lowest BCUT2D eigenvalue weighted by molar-refractivity contribution is -0.116. The Hall–Kier alpha value is -0.200. The summed E-state index contributed by atoms with van der Waals surface area (Å²) in [6.45, 7) is 11.1. The van der Waals surface area contributed by atoms with Crippen molar-refractivity contribution >= 4 is 13.0 Å². The van der Waals surface area contributed by atoms with Crippen LogP contribution in [0.4, 0.5) is 0 Å². The number of ketones is 1. The maximum Gasteiger partial charge on any atom is 0.174 e. The molecule has 0 aliphatic carbocycles. The van der Waals surface area contributed by atoms with Gasteiger partial charge >= 0.3 is 0 Å². The van der Waals surface area contributed by atoms with Crippen molar-refractivity contribution in [1.82, 2.24) is 0 Å². The molecule has 0 saturated heterocycles. The molecule has 1 aromatic carbocycles. The number of halogens is 1. The lowest BCUT2D eigenvalue weighted by Crippen LogP contribution is -3.00. The van der Waals surface area contributed by atoms with Crippen LogP contribution in [0.2, 0.25) is 0 Å². The maximum absolute atomic E-state index is 13.0.